The molecule has 5 nitrogen and oxygen atoms in total. The van der Waals surface area contributed by atoms with Crippen LogP contribution in [-0.4, -0.2) is 27.2 Å². The molecule has 0 spiro atoms. The van der Waals surface area contributed by atoms with Gasteiger partial charge in [-0.1, -0.05) is 18.6 Å². The van der Waals surface area contributed by atoms with E-state index < -0.39 is 0 Å². The fraction of sp³-hybridized carbons (Fsp3) is 0.833. The molecule has 5 heteroatoms. The molecule has 0 aromatic carbocycles. The normalized spacial score (nSPS) is 8.64. The van der Waals surface area contributed by atoms with Gasteiger partial charge in [0.25, 0.3) is 0 Å². The number of aryl methyl sites for hydroxylation is 1. The number of unbranched alkanes of at least 4 members (excludes halogenated alkanes) is 1. The first-order valence-corrected chi connectivity index (χ1v) is 3.71. The topological polar surface area (TPSA) is 80.5 Å². The van der Waals surface area contributed by atoms with Gasteiger partial charge in [0.15, 0.2) is 5.82 Å². The van der Waals surface area contributed by atoms with Gasteiger partial charge in [0.2, 0.25) is 0 Å². The van der Waals surface area contributed by atoms with Crippen LogP contribution in [0.15, 0.2) is 0 Å². The Morgan fingerprint density at radius 1 is 1.55 bits per heavy atom. The average Bonchev–Trinajstić information content (AvgIpc) is 2.43. The van der Waals surface area contributed by atoms with E-state index in [1.807, 2.05) is 0 Å². The first-order chi connectivity index (χ1) is 5.31. The number of nitrogens with one attached hydrogen (secondary N) is 1. The molecule has 0 amide bonds. The fourth-order valence-corrected chi connectivity index (χ4v) is 0.416. The first-order valence-electron chi connectivity index (χ1n) is 3.71. The van der Waals surface area contributed by atoms with Crippen LogP contribution >= 0.6 is 0 Å². The number of nitrogens with two attached hydrogens (primary N) is 1. The number of tetrazole rings is 1. The van der Waals surface area contributed by atoms with E-state index >= 15 is 0 Å². The zero-order valence-electron chi connectivity index (χ0n) is 7.04. The first kappa shape index (κ1) is 10.0. The van der Waals surface area contributed by atoms with Gasteiger partial charge in [0, 0.05) is 0 Å². The van der Waals surface area contributed by atoms with Crippen LogP contribution in [0.2, 0.25) is 0 Å². The van der Waals surface area contributed by atoms with Crippen molar-refractivity contribution in [2.24, 2.45) is 5.73 Å². The molecule has 0 saturated carbocycles. The highest BCUT2D eigenvalue weighted by molar-refractivity contribution is 4.63. The van der Waals surface area contributed by atoms with Crippen molar-refractivity contribution in [2.45, 2.75) is 26.7 Å². The highest BCUT2D eigenvalue weighted by Gasteiger charge is 1.78. The van der Waals surface area contributed by atoms with Crippen molar-refractivity contribution in [3.8, 4) is 0 Å². The lowest BCUT2D eigenvalue weighted by Gasteiger charge is -1.80. The van der Waals surface area contributed by atoms with Crippen molar-refractivity contribution < 1.29 is 0 Å². The summed E-state index contributed by atoms with van der Waals surface area (Å²) in [4.78, 5) is 0. The Hall–Kier alpha value is -0.970. The van der Waals surface area contributed by atoms with Crippen LogP contribution in [0.4, 0.5) is 0 Å². The Labute approximate surface area is 66.4 Å². The maximum Gasteiger partial charge on any atom is 0.171 e. The average molecular weight is 157 g/mol. The lowest BCUT2D eigenvalue weighted by atomic mass is 10.3. The van der Waals surface area contributed by atoms with Crippen LogP contribution in [-0.2, 0) is 0 Å². The molecule has 1 aromatic rings. The molecule has 1 rings (SSSR count). The van der Waals surface area contributed by atoms with E-state index in [-0.39, 0.29) is 0 Å². The summed E-state index contributed by atoms with van der Waals surface area (Å²) in [6.07, 6.45) is 2.39. The van der Waals surface area contributed by atoms with Gasteiger partial charge in [0.05, 0.1) is 0 Å². The highest BCUT2D eigenvalue weighted by Crippen LogP contribution is 1.77. The Kier molecular flexibility index (Phi) is 6.51. The van der Waals surface area contributed by atoms with Crippen LogP contribution in [0.5, 0.6) is 0 Å². The van der Waals surface area contributed by atoms with Crippen molar-refractivity contribution in [1.82, 2.24) is 20.6 Å². The van der Waals surface area contributed by atoms with E-state index in [0.29, 0.717) is 5.82 Å². The molecular formula is C6H15N5. The molecule has 0 radical (unpaired) electrons. The molecular weight excluding hydrogens is 142 g/mol. The summed E-state index contributed by atoms with van der Waals surface area (Å²) in [6.45, 7) is 4.74. The standard InChI is InChI=1S/C4H11N.C2H4N4/c1-2-3-4-5;1-2-3-5-6-4-2/h2-5H2,1H3;1H3,(H,3,4,5,6). The lowest BCUT2D eigenvalue weighted by molar-refractivity contribution is 0.807. The Balaban J connectivity index is 0.000000187. The minimum atomic E-state index is 0.676. The van der Waals surface area contributed by atoms with Crippen molar-refractivity contribution in [1.29, 1.82) is 0 Å². The predicted molar refractivity (Wildman–Crippen MR) is 42.9 cm³/mol. The zero-order valence-corrected chi connectivity index (χ0v) is 7.04. The van der Waals surface area contributed by atoms with E-state index in [2.05, 4.69) is 27.5 Å². The number of rotatable bonds is 2. The van der Waals surface area contributed by atoms with Gasteiger partial charge in [-0.15, -0.1) is 10.2 Å². The lowest BCUT2D eigenvalue weighted by Crippen LogP contribution is -1.95. The van der Waals surface area contributed by atoms with E-state index in [0.717, 1.165) is 6.54 Å². The molecule has 0 atom stereocenters. The molecule has 1 aromatic heterocycles. The second kappa shape index (κ2) is 7.14. The number of H-pyrrole nitrogens is 1. The van der Waals surface area contributed by atoms with Crippen LogP contribution in [0, 0.1) is 6.92 Å². The summed E-state index contributed by atoms with van der Waals surface area (Å²) in [5.41, 5.74) is 5.14. The third-order valence-electron chi connectivity index (χ3n) is 1.01. The minimum absolute atomic E-state index is 0.676. The molecule has 0 aliphatic rings. The molecule has 1 heterocycles. The van der Waals surface area contributed by atoms with Crippen molar-refractivity contribution in [3.63, 3.8) is 0 Å². The number of nitrogens with zero attached hydrogens (tertiary/aromatic N) is 3. The summed E-state index contributed by atoms with van der Waals surface area (Å²) in [5.74, 6) is 0.676. The summed E-state index contributed by atoms with van der Waals surface area (Å²) >= 11 is 0. The number of aromatic amines is 1. The van der Waals surface area contributed by atoms with E-state index in [1.54, 1.807) is 6.92 Å². The monoisotopic (exact) mass is 157 g/mol. The predicted octanol–water partition coefficient (Wildman–Crippen LogP) is 0.253. The van der Waals surface area contributed by atoms with Gasteiger partial charge < -0.3 is 5.73 Å². The van der Waals surface area contributed by atoms with E-state index in [9.17, 15) is 0 Å². The van der Waals surface area contributed by atoms with Crippen molar-refractivity contribution in [2.75, 3.05) is 6.54 Å². The molecule has 0 saturated heterocycles. The fourth-order valence-electron chi connectivity index (χ4n) is 0.416. The van der Waals surface area contributed by atoms with Gasteiger partial charge in [-0.05, 0) is 19.9 Å². The highest BCUT2D eigenvalue weighted by atomic mass is 15.5. The third kappa shape index (κ3) is 6.92. The summed E-state index contributed by atoms with van der Waals surface area (Å²) in [5, 5.41) is 12.7. The van der Waals surface area contributed by atoms with Crippen molar-refractivity contribution in [3.05, 3.63) is 5.82 Å². The Morgan fingerprint density at radius 3 is 2.36 bits per heavy atom. The van der Waals surface area contributed by atoms with Gasteiger partial charge in [-0.25, -0.2) is 0 Å². The van der Waals surface area contributed by atoms with Crippen molar-refractivity contribution >= 4 is 0 Å². The quantitative estimate of drug-likeness (QED) is 0.645. The number of hydrogen-bond donors (Lipinski definition) is 2. The molecule has 0 aliphatic heterocycles. The Morgan fingerprint density at radius 2 is 2.27 bits per heavy atom. The number of aromatic nitrogens is 4. The van der Waals surface area contributed by atoms with Gasteiger partial charge in [0.1, 0.15) is 0 Å². The molecule has 11 heavy (non-hydrogen) atoms. The maximum absolute atomic E-state index is 5.14. The largest absolute Gasteiger partial charge is 0.330 e. The molecule has 3 N–H and O–H groups in total. The summed E-state index contributed by atoms with van der Waals surface area (Å²) < 4.78 is 0. The van der Waals surface area contributed by atoms with Crippen LogP contribution in [0.25, 0.3) is 0 Å². The van der Waals surface area contributed by atoms with Crippen LogP contribution in [0.3, 0.4) is 0 Å². The van der Waals surface area contributed by atoms with Gasteiger partial charge in [-0.2, -0.15) is 5.21 Å². The molecule has 0 fully saturated rings. The maximum atomic E-state index is 5.14. The smallest absolute Gasteiger partial charge is 0.171 e. The zero-order chi connectivity index (χ0) is 8.53. The van der Waals surface area contributed by atoms with E-state index in [4.69, 9.17) is 5.73 Å². The third-order valence-corrected chi connectivity index (χ3v) is 1.01. The number of hydrogen-bond acceptors (Lipinski definition) is 4. The second-order valence-electron chi connectivity index (χ2n) is 2.10. The van der Waals surface area contributed by atoms with Gasteiger partial charge >= 0.3 is 0 Å². The minimum Gasteiger partial charge on any atom is -0.330 e. The van der Waals surface area contributed by atoms with Crippen LogP contribution < -0.4 is 5.73 Å². The summed E-state index contributed by atoms with van der Waals surface area (Å²) in [7, 11) is 0. The van der Waals surface area contributed by atoms with Gasteiger partial charge in [-0.3, -0.25) is 0 Å². The Bertz CT molecular complexity index is 146. The van der Waals surface area contributed by atoms with E-state index in [1.165, 1.54) is 12.8 Å². The second-order valence-corrected chi connectivity index (χ2v) is 2.10. The molecule has 0 aliphatic carbocycles. The summed E-state index contributed by atoms with van der Waals surface area (Å²) in [6, 6.07) is 0. The van der Waals surface area contributed by atoms with Crippen LogP contribution in [0.1, 0.15) is 25.6 Å². The SMILES string of the molecule is CCCCN.Cc1nn[nH]n1. The molecule has 64 valence electrons. The molecule has 0 bridgehead atoms. The molecule has 0 unspecified atom stereocenters.